The zero-order valence-electron chi connectivity index (χ0n) is 12.1. The molecule has 0 radical (unpaired) electrons. The Labute approximate surface area is 128 Å². The smallest absolute Gasteiger partial charge is 0.148 e. The minimum Gasteiger partial charge on any atom is -0.456 e. The summed E-state index contributed by atoms with van der Waals surface area (Å²) in [7, 11) is 0. The Kier molecular flexibility index (Phi) is 4.50. The molecule has 2 nitrogen and oxygen atoms in total. The molecule has 2 rings (SSSR count). The monoisotopic (exact) mass is 303 g/mol. The summed E-state index contributed by atoms with van der Waals surface area (Å²) in [5.74, 6) is 0.428. The third-order valence-electron chi connectivity index (χ3n) is 3.22. The molecule has 4 heteroatoms. The van der Waals surface area contributed by atoms with Gasteiger partial charge in [-0.2, -0.15) is 5.26 Å². The quantitative estimate of drug-likeness (QED) is 0.742. The molecule has 0 aliphatic rings. The van der Waals surface area contributed by atoms with Crippen molar-refractivity contribution in [3.05, 3.63) is 57.9 Å². The van der Waals surface area contributed by atoms with Crippen LogP contribution < -0.4 is 4.74 Å². The summed E-state index contributed by atoms with van der Waals surface area (Å²) in [5, 5.41) is 9.72. The van der Waals surface area contributed by atoms with Gasteiger partial charge in [0.05, 0.1) is 0 Å². The van der Waals surface area contributed by atoms with Crippen LogP contribution in [-0.2, 0) is 0 Å². The lowest BCUT2D eigenvalue weighted by atomic mass is 10.0. The van der Waals surface area contributed by atoms with Crippen molar-refractivity contribution >= 4 is 11.6 Å². The fourth-order valence-corrected chi connectivity index (χ4v) is 2.47. The molecule has 108 valence electrons. The van der Waals surface area contributed by atoms with E-state index in [4.69, 9.17) is 21.6 Å². The van der Waals surface area contributed by atoms with E-state index >= 15 is 0 Å². The maximum Gasteiger partial charge on any atom is 0.148 e. The van der Waals surface area contributed by atoms with E-state index in [1.807, 2.05) is 39.0 Å². The highest BCUT2D eigenvalue weighted by atomic mass is 35.5. The van der Waals surface area contributed by atoms with Crippen molar-refractivity contribution in [3.8, 4) is 17.6 Å². The van der Waals surface area contributed by atoms with Gasteiger partial charge in [0, 0.05) is 5.02 Å². The largest absolute Gasteiger partial charge is 0.456 e. The highest BCUT2D eigenvalue weighted by molar-refractivity contribution is 6.31. The van der Waals surface area contributed by atoms with Crippen LogP contribution >= 0.6 is 11.6 Å². The third-order valence-corrected chi connectivity index (χ3v) is 3.55. The first-order valence-electron chi connectivity index (χ1n) is 6.60. The number of hydrogen-bond acceptors (Lipinski definition) is 2. The number of nitrogens with zero attached hydrogens (tertiary/aromatic N) is 1. The summed E-state index contributed by atoms with van der Waals surface area (Å²) in [6.45, 7) is 5.92. The summed E-state index contributed by atoms with van der Waals surface area (Å²) in [4.78, 5) is 0. The van der Waals surface area contributed by atoms with Crippen LogP contribution in [0.1, 0.15) is 36.5 Å². The second-order valence-electron chi connectivity index (χ2n) is 5.12. The van der Waals surface area contributed by atoms with Gasteiger partial charge in [-0.1, -0.05) is 31.5 Å². The molecule has 0 amide bonds. The van der Waals surface area contributed by atoms with Gasteiger partial charge in [-0.05, 0) is 48.2 Å². The molecular weight excluding hydrogens is 289 g/mol. The Morgan fingerprint density at radius 3 is 2.57 bits per heavy atom. The van der Waals surface area contributed by atoms with Crippen molar-refractivity contribution in [1.29, 1.82) is 5.26 Å². The molecular formula is C17H15ClFNO. The van der Waals surface area contributed by atoms with E-state index in [1.165, 1.54) is 12.1 Å². The Morgan fingerprint density at radius 1 is 1.24 bits per heavy atom. The molecule has 0 saturated heterocycles. The lowest BCUT2D eigenvalue weighted by Gasteiger charge is -2.15. The fraction of sp³-hybridized carbons (Fsp3) is 0.235. The summed E-state index contributed by atoms with van der Waals surface area (Å²) >= 11 is 6.22. The highest BCUT2D eigenvalue weighted by Gasteiger charge is 2.14. The van der Waals surface area contributed by atoms with Gasteiger partial charge < -0.3 is 4.74 Å². The summed E-state index contributed by atoms with van der Waals surface area (Å²) in [6.07, 6.45) is 0. The first-order chi connectivity index (χ1) is 9.93. The average molecular weight is 304 g/mol. The Balaban J connectivity index is 2.48. The normalized spacial score (nSPS) is 10.5. The Morgan fingerprint density at radius 2 is 1.95 bits per heavy atom. The number of halogens is 2. The van der Waals surface area contributed by atoms with E-state index in [9.17, 15) is 4.39 Å². The van der Waals surface area contributed by atoms with Crippen molar-refractivity contribution < 1.29 is 9.13 Å². The number of ether oxygens (including phenoxy) is 1. The molecule has 0 spiro atoms. The van der Waals surface area contributed by atoms with Crippen LogP contribution in [0.25, 0.3) is 0 Å². The second kappa shape index (κ2) is 6.15. The number of rotatable bonds is 3. The molecule has 0 unspecified atom stereocenters. The predicted octanol–water partition coefficient (Wildman–Crippen LogP) is 5.57. The van der Waals surface area contributed by atoms with Gasteiger partial charge in [-0.15, -0.1) is 0 Å². The van der Waals surface area contributed by atoms with E-state index < -0.39 is 5.82 Å². The van der Waals surface area contributed by atoms with E-state index in [2.05, 4.69) is 0 Å². The molecule has 0 bridgehead atoms. The molecule has 0 atom stereocenters. The lowest BCUT2D eigenvalue weighted by Crippen LogP contribution is -1.96. The summed E-state index contributed by atoms with van der Waals surface area (Å²) < 4.78 is 19.3. The van der Waals surface area contributed by atoms with Crippen molar-refractivity contribution in [2.45, 2.75) is 26.7 Å². The van der Waals surface area contributed by atoms with Crippen LogP contribution in [0.2, 0.25) is 5.02 Å². The van der Waals surface area contributed by atoms with Crippen LogP contribution in [0.4, 0.5) is 4.39 Å². The van der Waals surface area contributed by atoms with Gasteiger partial charge in [0.25, 0.3) is 0 Å². The van der Waals surface area contributed by atoms with Crippen molar-refractivity contribution in [2.24, 2.45) is 0 Å². The SMILES string of the molecule is Cc1cc(Cl)c(C(C)C)cc1Oc1cccc(F)c1C#N. The predicted molar refractivity (Wildman–Crippen MR) is 81.5 cm³/mol. The van der Waals surface area contributed by atoms with Crippen LogP contribution in [-0.4, -0.2) is 0 Å². The van der Waals surface area contributed by atoms with Gasteiger partial charge in [0.15, 0.2) is 0 Å². The zero-order valence-corrected chi connectivity index (χ0v) is 12.8. The minimum absolute atomic E-state index is 0.0991. The number of benzene rings is 2. The second-order valence-corrected chi connectivity index (χ2v) is 5.53. The van der Waals surface area contributed by atoms with Gasteiger partial charge in [0.2, 0.25) is 0 Å². The van der Waals surface area contributed by atoms with Crippen LogP contribution in [0.3, 0.4) is 0 Å². The topological polar surface area (TPSA) is 33.0 Å². The molecule has 0 saturated carbocycles. The highest BCUT2D eigenvalue weighted by Crippen LogP contribution is 2.35. The van der Waals surface area contributed by atoms with E-state index in [1.54, 1.807) is 6.07 Å². The van der Waals surface area contributed by atoms with Gasteiger partial charge in [-0.3, -0.25) is 0 Å². The van der Waals surface area contributed by atoms with Crippen LogP contribution in [0, 0.1) is 24.1 Å². The van der Waals surface area contributed by atoms with E-state index in [-0.39, 0.29) is 17.2 Å². The third kappa shape index (κ3) is 3.17. The van der Waals surface area contributed by atoms with Crippen LogP contribution in [0.15, 0.2) is 30.3 Å². The zero-order chi connectivity index (χ0) is 15.6. The maximum absolute atomic E-state index is 13.6. The van der Waals surface area contributed by atoms with E-state index in [0.29, 0.717) is 10.8 Å². The molecule has 0 aliphatic carbocycles. The molecule has 0 aromatic heterocycles. The average Bonchev–Trinajstić information content (AvgIpc) is 2.41. The van der Waals surface area contributed by atoms with Gasteiger partial charge in [-0.25, -0.2) is 4.39 Å². The number of hydrogen-bond donors (Lipinski definition) is 0. The summed E-state index contributed by atoms with van der Waals surface area (Å²) in [6, 6.07) is 9.81. The Hall–Kier alpha value is -2.05. The van der Waals surface area contributed by atoms with Crippen molar-refractivity contribution in [3.63, 3.8) is 0 Å². The number of aryl methyl sites for hydroxylation is 1. The fourth-order valence-electron chi connectivity index (χ4n) is 2.04. The summed E-state index contributed by atoms with van der Waals surface area (Å²) in [5.41, 5.74) is 1.68. The molecule has 21 heavy (non-hydrogen) atoms. The molecule has 0 fully saturated rings. The van der Waals surface area contributed by atoms with Crippen molar-refractivity contribution in [1.82, 2.24) is 0 Å². The van der Waals surface area contributed by atoms with Gasteiger partial charge in [0.1, 0.15) is 28.9 Å². The van der Waals surface area contributed by atoms with Gasteiger partial charge >= 0.3 is 0 Å². The maximum atomic E-state index is 13.6. The molecule has 0 heterocycles. The molecule has 0 aliphatic heterocycles. The van der Waals surface area contributed by atoms with Crippen LogP contribution in [0.5, 0.6) is 11.5 Å². The standard InChI is InChI=1S/C17H15ClFNO/c1-10(2)12-8-17(11(3)7-14(12)18)21-16-6-4-5-15(19)13(16)9-20/h4-8,10H,1-3H3. The molecule has 2 aromatic rings. The number of nitriles is 1. The minimum atomic E-state index is -0.592. The Bertz CT molecular complexity index is 719. The first kappa shape index (κ1) is 15.3. The lowest BCUT2D eigenvalue weighted by molar-refractivity contribution is 0.470. The first-order valence-corrected chi connectivity index (χ1v) is 6.98. The van der Waals surface area contributed by atoms with E-state index in [0.717, 1.165) is 11.1 Å². The van der Waals surface area contributed by atoms with Crippen molar-refractivity contribution in [2.75, 3.05) is 0 Å². The molecule has 2 aromatic carbocycles. The molecule has 0 N–H and O–H groups in total.